The molecular formula is C9H13N3OS. The van der Waals surface area contributed by atoms with E-state index >= 15 is 0 Å². The zero-order valence-corrected chi connectivity index (χ0v) is 8.80. The average Bonchev–Trinajstić information content (AvgIpc) is 2.77. The molecule has 2 unspecified atom stereocenters. The van der Waals surface area contributed by atoms with Crippen LogP contribution in [0.5, 0.6) is 0 Å². The summed E-state index contributed by atoms with van der Waals surface area (Å²) < 4.78 is 0. The van der Waals surface area contributed by atoms with E-state index in [9.17, 15) is 4.79 Å². The Morgan fingerprint density at radius 2 is 2.57 bits per heavy atom. The maximum absolute atomic E-state index is 11.6. The van der Waals surface area contributed by atoms with Crippen molar-refractivity contribution in [2.24, 2.45) is 5.92 Å². The van der Waals surface area contributed by atoms with E-state index in [0.29, 0.717) is 17.5 Å². The largest absolute Gasteiger partial charge is 0.348 e. The first-order chi connectivity index (χ1) is 6.77. The fraction of sp³-hybridized carbons (Fsp3) is 0.556. The third-order valence-electron chi connectivity index (χ3n) is 2.44. The van der Waals surface area contributed by atoms with Crippen LogP contribution in [0.2, 0.25) is 0 Å². The van der Waals surface area contributed by atoms with E-state index in [1.165, 1.54) is 0 Å². The number of aromatic nitrogens is 2. The lowest BCUT2D eigenvalue weighted by atomic mass is 10.1. The molecule has 2 N–H and O–H groups in total. The van der Waals surface area contributed by atoms with Crippen LogP contribution in [0.3, 0.4) is 0 Å². The zero-order valence-electron chi connectivity index (χ0n) is 7.99. The van der Waals surface area contributed by atoms with Crippen LogP contribution in [0.4, 0.5) is 0 Å². The number of thioether (sulfide) groups is 1. The molecule has 14 heavy (non-hydrogen) atoms. The van der Waals surface area contributed by atoms with Gasteiger partial charge in [-0.2, -0.15) is 16.9 Å². The molecule has 5 heteroatoms. The van der Waals surface area contributed by atoms with Crippen molar-refractivity contribution in [1.29, 1.82) is 0 Å². The molecule has 1 aromatic heterocycles. The highest BCUT2D eigenvalue weighted by molar-refractivity contribution is 7.99. The Bertz CT molecular complexity index is 312. The van der Waals surface area contributed by atoms with Crippen LogP contribution in [-0.2, 0) is 0 Å². The van der Waals surface area contributed by atoms with Gasteiger partial charge in [-0.3, -0.25) is 9.89 Å². The second-order valence-corrected chi connectivity index (χ2v) is 4.66. The Labute approximate surface area is 86.8 Å². The number of aromatic amines is 1. The molecule has 1 fully saturated rings. The van der Waals surface area contributed by atoms with Crippen LogP contribution in [0.1, 0.15) is 17.3 Å². The number of nitrogens with zero attached hydrogens (tertiary/aromatic N) is 1. The first-order valence-corrected chi connectivity index (χ1v) is 5.80. The summed E-state index contributed by atoms with van der Waals surface area (Å²) in [6.45, 7) is 2.17. The van der Waals surface area contributed by atoms with Gasteiger partial charge in [0.15, 0.2) is 0 Å². The Kier molecular flexibility index (Phi) is 2.77. The Morgan fingerprint density at radius 1 is 1.71 bits per heavy atom. The summed E-state index contributed by atoms with van der Waals surface area (Å²) in [5, 5.41) is 9.39. The first-order valence-electron chi connectivity index (χ1n) is 4.65. The topological polar surface area (TPSA) is 57.8 Å². The van der Waals surface area contributed by atoms with Crippen LogP contribution in [0.15, 0.2) is 12.4 Å². The highest BCUT2D eigenvalue weighted by Crippen LogP contribution is 2.23. The Morgan fingerprint density at radius 3 is 3.14 bits per heavy atom. The summed E-state index contributed by atoms with van der Waals surface area (Å²) >= 11 is 1.89. The molecule has 4 nitrogen and oxygen atoms in total. The quantitative estimate of drug-likeness (QED) is 0.764. The lowest BCUT2D eigenvalue weighted by molar-refractivity contribution is 0.0933. The summed E-state index contributed by atoms with van der Waals surface area (Å²) in [5.41, 5.74) is 0.606. The van der Waals surface area contributed by atoms with E-state index in [4.69, 9.17) is 0 Å². The number of nitrogens with one attached hydrogen (secondary N) is 2. The molecule has 0 spiro atoms. The number of carbonyl (C=O) groups excluding carboxylic acids is 1. The second kappa shape index (κ2) is 4.04. The number of amides is 1. The molecule has 0 radical (unpaired) electrons. The standard InChI is InChI=1S/C9H13N3OS/c1-6-4-14-5-8(6)12-9(13)7-2-10-11-3-7/h2-3,6,8H,4-5H2,1H3,(H,10,11)(H,12,13). The summed E-state index contributed by atoms with van der Waals surface area (Å²) in [7, 11) is 0. The van der Waals surface area contributed by atoms with Crippen molar-refractivity contribution < 1.29 is 4.79 Å². The highest BCUT2D eigenvalue weighted by atomic mass is 32.2. The third kappa shape index (κ3) is 1.92. The fourth-order valence-corrected chi connectivity index (χ4v) is 2.88. The highest BCUT2D eigenvalue weighted by Gasteiger charge is 2.25. The molecule has 1 saturated heterocycles. The van der Waals surface area contributed by atoms with Gasteiger partial charge in [0.2, 0.25) is 0 Å². The molecule has 0 bridgehead atoms. The van der Waals surface area contributed by atoms with Gasteiger partial charge in [-0.05, 0) is 11.7 Å². The molecule has 0 aromatic carbocycles. The Hall–Kier alpha value is -0.970. The minimum absolute atomic E-state index is 0.0295. The third-order valence-corrected chi connectivity index (χ3v) is 3.80. The van der Waals surface area contributed by atoms with Gasteiger partial charge in [0.1, 0.15) is 0 Å². The summed E-state index contributed by atoms with van der Waals surface area (Å²) in [4.78, 5) is 11.6. The van der Waals surface area contributed by atoms with Gasteiger partial charge in [0.25, 0.3) is 5.91 Å². The van der Waals surface area contributed by atoms with Gasteiger partial charge in [0, 0.05) is 18.0 Å². The normalized spacial score (nSPS) is 26.4. The number of carbonyl (C=O) groups is 1. The lowest BCUT2D eigenvalue weighted by Gasteiger charge is -2.15. The fourth-order valence-electron chi connectivity index (χ4n) is 1.47. The second-order valence-electron chi connectivity index (χ2n) is 3.58. The molecule has 1 aliphatic rings. The predicted molar refractivity (Wildman–Crippen MR) is 56.3 cm³/mol. The minimum atomic E-state index is -0.0295. The first kappa shape index (κ1) is 9.58. The molecule has 76 valence electrons. The van der Waals surface area contributed by atoms with Crippen LogP contribution in [0.25, 0.3) is 0 Å². The van der Waals surface area contributed by atoms with Crippen molar-refractivity contribution in [3.8, 4) is 0 Å². The molecule has 1 aliphatic heterocycles. The number of H-pyrrole nitrogens is 1. The van der Waals surface area contributed by atoms with Crippen LogP contribution in [-0.4, -0.2) is 33.7 Å². The van der Waals surface area contributed by atoms with Gasteiger partial charge in [0.05, 0.1) is 11.8 Å². The van der Waals surface area contributed by atoms with Gasteiger partial charge in [-0.15, -0.1) is 0 Å². The van der Waals surface area contributed by atoms with Crippen molar-refractivity contribution in [2.75, 3.05) is 11.5 Å². The van der Waals surface area contributed by atoms with Crippen LogP contribution in [0, 0.1) is 5.92 Å². The number of rotatable bonds is 2. The molecule has 2 rings (SSSR count). The van der Waals surface area contributed by atoms with Gasteiger partial charge >= 0.3 is 0 Å². The van der Waals surface area contributed by atoms with Crippen molar-refractivity contribution in [3.63, 3.8) is 0 Å². The summed E-state index contributed by atoms with van der Waals surface area (Å²) in [6, 6.07) is 0.308. The zero-order chi connectivity index (χ0) is 9.97. The SMILES string of the molecule is CC1CSCC1NC(=O)c1cn[nH]c1. The van der Waals surface area contributed by atoms with E-state index < -0.39 is 0 Å². The van der Waals surface area contributed by atoms with Gasteiger partial charge in [-0.1, -0.05) is 6.92 Å². The summed E-state index contributed by atoms with van der Waals surface area (Å²) in [5.74, 6) is 2.69. The smallest absolute Gasteiger partial charge is 0.254 e. The maximum Gasteiger partial charge on any atom is 0.254 e. The lowest BCUT2D eigenvalue weighted by Crippen LogP contribution is -2.38. The molecule has 2 heterocycles. The summed E-state index contributed by atoms with van der Waals surface area (Å²) in [6.07, 6.45) is 3.16. The van der Waals surface area contributed by atoms with Crippen LogP contribution < -0.4 is 5.32 Å². The van der Waals surface area contributed by atoms with E-state index in [-0.39, 0.29) is 5.91 Å². The van der Waals surface area contributed by atoms with E-state index in [2.05, 4.69) is 22.4 Å². The molecule has 1 amide bonds. The van der Waals surface area contributed by atoms with Gasteiger partial charge in [-0.25, -0.2) is 0 Å². The molecular weight excluding hydrogens is 198 g/mol. The minimum Gasteiger partial charge on any atom is -0.348 e. The number of hydrogen-bond donors (Lipinski definition) is 2. The monoisotopic (exact) mass is 211 g/mol. The van der Waals surface area contributed by atoms with E-state index in [1.807, 2.05) is 11.8 Å². The maximum atomic E-state index is 11.6. The van der Waals surface area contributed by atoms with Crippen molar-refractivity contribution >= 4 is 17.7 Å². The van der Waals surface area contributed by atoms with Crippen LogP contribution >= 0.6 is 11.8 Å². The average molecular weight is 211 g/mol. The van der Waals surface area contributed by atoms with Gasteiger partial charge < -0.3 is 5.32 Å². The van der Waals surface area contributed by atoms with E-state index in [0.717, 1.165) is 11.5 Å². The van der Waals surface area contributed by atoms with Crippen molar-refractivity contribution in [3.05, 3.63) is 18.0 Å². The molecule has 0 aliphatic carbocycles. The van der Waals surface area contributed by atoms with E-state index in [1.54, 1.807) is 12.4 Å². The number of hydrogen-bond acceptors (Lipinski definition) is 3. The molecule has 0 saturated carbocycles. The predicted octanol–water partition coefficient (Wildman–Crippen LogP) is 0.891. The van der Waals surface area contributed by atoms with Crippen molar-refractivity contribution in [2.45, 2.75) is 13.0 Å². The molecule has 1 aromatic rings. The van der Waals surface area contributed by atoms with Crippen molar-refractivity contribution in [1.82, 2.24) is 15.5 Å². The molecule has 2 atom stereocenters. The Balaban J connectivity index is 1.95.